The molecule has 2 aromatic rings. The van der Waals surface area contributed by atoms with E-state index in [1.807, 2.05) is 42.5 Å². The number of hydrogen-bond acceptors (Lipinski definition) is 2. The van der Waals surface area contributed by atoms with Crippen LogP contribution in [-0.2, 0) is 11.2 Å². The number of aromatic hydroxyl groups is 1. The van der Waals surface area contributed by atoms with Gasteiger partial charge < -0.3 is 10.4 Å². The molecular formula is C16H17NO2. The molecule has 0 aliphatic carbocycles. The molecule has 3 nitrogen and oxygen atoms in total. The zero-order valence-corrected chi connectivity index (χ0v) is 10.8. The summed E-state index contributed by atoms with van der Waals surface area (Å²) in [6, 6.07) is 16.7. The number of carbonyl (C=O) groups excluding carboxylic acids is 1. The van der Waals surface area contributed by atoms with Gasteiger partial charge >= 0.3 is 0 Å². The average molecular weight is 255 g/mol. The highest BCUT2D eigenvalue weighted by atomic mass is 16.3. The summed E-state index contributed by atoms with van der Waals surface area (Å²) in [7, 11) is 1.65. The molecule has 0 aromatic heterocycles. The highest BCUT2D eigenvalue weighted by Crippen LogP contribution is 2.22. The van der Waals surface area contributed by atoms with Crippen LogP contribution in [0.4, 0.5) is 0 Å². The van der Waals surface area contributed by atoms with Gasteiger partial charge in [-0.25, -0.2) is 0 Å². The number of rotatable bonds is 4. The Hall–Kier alpha value is -2.29. The molecule has 1 amide bonds. The SMILES string of the molecule is CNC(=O)C(Cc1ccc(O)cc1)c1ccccc1. The summed E-state index contributed by atoms with van der Waals surface area (Å²) in [5, 5.41) is 12.0. The predicted octanol–water partition coefficient (Wildman–Crippen LogP) is 2.46. The van der Waals surface area contributed by atoms with Gasteiger partial charge in [-0.3, -0.25) is 4.79 Å². The number of hydrogen-bond donors (Lipinski definition) is 2. The normalized spacial score (nSPS) is 11.8. The van der Waals surface area contributed by atoms with E-state index in [0.717, 1.165) is 11.1 Å². The molecule has 2 N–H and O–H groups in total. The maximum atomic E-state index is 12.0. The molecule has 0 radical (unpaired) electrons. The standard InChI is InChI=1S/C16H17NO2/c1-17-16(19)15(13-5-3-2-4-6-13)11-12-7-9-14(18)10-8-12/h2-10,15,18H,11H2,1H3,(H,17,19). The molecule has 1 atom stereocenters. The lowest BCUT2D eigenvalue weighted by Crippen LogP contribution is -2.27. The Morgan fingerprint density at radius 1 is 1.11 bits per heavy atom. The summed E-state index contributed by atoms with van der Waals surface area (Å²) in [6.45, 7) is 0. The summed E-state index contributed by atoms with van der Waals surface area (Å²) in [6.07, 6.45) is 0.615. The van der Waals surface area contributed by atoms with Crippen molar-refractivity contribution < 1.29 is 9.90 Å². The van der Waals surface area contributed by atoms with E-state index < -0.39 is 0 Å². The first-order valence-corrected chi connectivity index (χ1v) is 6.25. The van der Waals surface area contributed by atoms with Gasteiger partial charge in [0.1, 0.15) is 5.75 Å². The molecule has 1 unspecified atom stereocenters. The van der Waals surface area contributed by atoms with E-state index in [9.17, 15) is 9.90 Å². The second-order valence-electron chi connectivity index (χ2n) is 4.45. The monoisotopic (exact) mass is 255 g/mol. The number of likely N-dealkylation sites (N-methyl/N-ethyl adjacent to an activating group) is 1. The van der Waals surface area contributed by atoms with Crippen LogP contribution in [0.25, 0.3) is 0 Å². The van der Waals surface area contributed by atoms with E-state index in [0.29, 0.717) is 6.42 Å². The highest BCUT2D eigenvalue weighted by molar-refractivity contribution is 5.83. The first-order chi connectivity index (χ1) is 9.20. The Balaban J connectivity index is 2.24. The fourth-order valence-electron chi connectivity index (χ4n) is 2.09. The smallest absolute Gasteiger partial charge is 0.227 e. The van der Waals surface area contributed by atoms with Crippen LogP contribution in [0.15, 0.2) is 54.6 Å². The van der Waals surface area contributed by atoms with Crippen LogP contribution in [0.5, 0.6) is 5.75 Å². The van der Waals surface area contributed by atoms with Crippen LogP contribution in [0.1, 0.15) is 17.0 Å². The van der Waals surface area contributed by atoms with Gasteiger partial charge in [-0.15, -0.1) is 0 Å². The van der Waals surface area contributed by atoms with E-state index in [2.05, 4.69) is 5.32 Å². The minimum Gasteiger partial charge on any atom is -0.508 e. The first-order valence-electron chi connectivity index (χ1n) is 6.25. The van der Waals surface area contributed by atoms with Gasteiger partial charge in [-0.1, -0.05) is 42.5 Å². The topological polar surface area (TPSA) is 49.3 Å². The zero-order chi connectivity index (χ0) is 13.7. The van der Waals surface area contributed by atoms with E-state index in [1.54, 1.807) is 19.2 Å². The van der Waals surface area contributed by atoms with Crippen molar-refractivity contribution in [3.8, 4) is 5.75 Å². The Bertz CT molecular complexity index is 534. The van der Waals surface area contributed by atoms with E-state index >= 15 is 0 Å². The maximum absolute atomic E-state index is 12.0. The molecule has 0 fully saturated rings. The molecule has 2 rings (SSSR count). The Kier molecular flexibility index (Phi) is 4.18. The average Bonchev–Trinajstić information content (AvgIpc) is 2.47. The van der Waals surface area contributed by atoms with Crippen LogP contribution >= 0.6 is 0 Å². The number of nitrogens with one attached hydrogen (secondary N) is 1. The van der Waals surface area contributed by atoms with Crippen molar-refractivity contribution in [2.75, 3.05) is 7.05 Å². The molecule has 0 saturated heterocycles. The van der Waals surface area contributed by atoms with E-state index in [4.69, 9.17) is 0 Å². The predicted molar refractivity (Wildman–Crippen MR) is 75.1 cm³/mol. The lowest BCUT2D eigenvalue weighted by molar-refractivity contribution is -0.122. The molecule has 0 aliphatic rings. The summed E-state index contributed by atoms with van der Waals surface area (Å²) in [4.78, 5) is 12.0. The third-order valence-corrected chi connectivity index (χ3v) is 3.14. The molecule has 2 aromatic carbocycles. The number of phenolic OH excluding ortho intramolecular Hbond substituents is 1. The van der Waals surface area contributed by atoms with E-state index in [1.165, 1.54) is 0 Å². The number of phenols is 1. The van der Waals surface area contributed by atoms with Crippen molar-refractivity contribution in [1.82, 2.24) is 5.32 Å². The second kappa shape index (κ2) is 6.05. The number of benzene rings is 2. The molecule has 0 bridgehead atoms. The Morgan fingerprint density at radius 3 is 2.32 bits per heavy atom. The molecule has 3 heteroatoms. The quantitative estimate of drug-likeness (QED) is 0.881. The molecule has 98 valence electrons. The van der Waals surface area contributed by atoms with E-state index in [-0.39, 0.29) is 17.6 Å². The summed E-state index contributed by atoms with van der Waals surface area (Å²) < 4.78 is 0. The minimum atomic E-state index is -0.212. The Morgan fingerprint density at radius 2 is 1.74 bits per heavy atom. The van der Waals surface area contributed by atoms with Crippen molar-refractivity contribution in [3.63, 3.8) is 0 Å². The van der Waals surface area contributed by atoms with Crippen molar-refractivity contribution in [1.29, 1.82) is 0 Å². The third kappa shape index (κ3) is 3.35. The second-order valence-corrected chi connectivity index (χ2v) is 4.45. The van der Waals surface area contributed by atoms with Crippen LogP contribution in [0.3, 0.4) is 0 Å². The third-order valence-electron chi connectivity index (χ3n) is 3.14. The fourth-order valence-corrected chi connectivity index (χ4v) is 2.09. The molecule has 0 aliphatic heterocycles. The molecule has 0 heterocycles. The van der Waals surface area contributed by atoms with Gasteiger partial charge in [0.2, 0.25) is 5.91 Å². The van der Waals surface area contributed by atoms with Gasteiger partial charge in [0.25, 0.3) is 0 Å². The summed E-state index contributed by atoms with van der Waals surface area (Å²) >= 11 is 0. The zero-order valence-electron chi connectivity index (χ0n) is 10.8. The molecule has 19 heavy (non-hydrogen) atoms. The fraction of sp³-hybridized carbons (Fsp3) is 0.188. The van der Waals surface area contributed by atoms with Gasteiger partial charge in [-0.2, -0.15) is 0 Å². The summed E-state index contributed by atoms with van der Waals surface area (Å²) in [5.41, 5.74) is 2.02. The molecule has 0 spiro atoms. The van der Waals surface area contributed by atoms with Gasteiger partial charge in [0, 0.05) is 7.05 Å². The van der Waals surface area contributed by atoms with Gasteiger partial charge in [0.15, 0.2) is 0 Å². The van der Waals surface area contributed by atoms with Crippen LogP contribution in [0, 0.1) is 0 Å². The molecular weight excluding hydrogens is 238 g/mol. The number of carbonyl (C=O) groups is 1. The van der Waals surface area contributed by atoms with Crippen molar-refractivity contribution in [3.05, 3.63) is 65.7 Å². The van der Waals surface area contributed by atoms with Crippen molar-refractivity contribution in [2.45, 2.75) is 12.3 Å². The van der Waals surface area contributed by atoms with Gasteiger partial charge in [-0.05, 0) is 29.7 Å². The van der Waals surface area contributed by atoms with Crippen LogP contribution in [-0.4, -0.2) is 18.1 Å². The lowest BCUT2D eigenvalue weighted by Gasteiger charge is -2.16. The van der Waals surface area contributed by atoms with Crippen molar-refractivity contribution >= 4 is 5.91 Å². The largest absolute Gasteiger partial charge is 0.508 e. The van der Waals surface area contributed by atoms with Crippen LogP contribution < -0.4 is 5.32 Å². The molecule has 0 saturated carbocycles. The van der Waals surface area contributed by atoms with Crippen molar-refractivity contribution in [2.24, 2.45) is 0 Å². The maximum Gasteiger partial charge on any atom is 0.227 e. The minimum absolute atomic E-state index is 0.000671. The number of amides is 1. The summed E-state index contributed by atoms with van der Waals surface area (Å²) in [5.74, 6) is 0.0231. The van der Waals surface area contributed by atoms with Gasteiger partial charge in [0.05, 0.1) is 5.92 Å². The first kappa shape index (κ1) is 13.1. The Labute approximate surface area is 112 Å². The van der Waals surface area contributed by atoms with Crippen LogP contribution in [0.2, 0.25) is 0 Å². The lowest BCUT2D eigenvalue weighted by atomic mass is 9.91. The highest BCUT2D eigenvalue weighted by Gasteiger charge is 2.19.